The molecule has 0 bridgehead atoms. The first-order valence-corrected chi connectivity index (χ1v) is 6.36. The van der Waals surface area contributed by atoms with E-state index in [1.165, 1.54) is 0 Å². The third-order valence-electron chi connectivity index (χ3n) is 2.42. The van der Waals surface area contributed by atoms with E-state index in [1.807, 2.05) is 0 Å². The first kappa shape index (κ1) is 21.1. The molecular formula is C12H25F3IN3. The standard InChI is InChI=1S/C12H24F3N3.HI/c1-10(2)6-9-18-11(16-3)17-8-5-4-7-12(13,14)15;/h10H,4-9H2,1-3H3,(H2,16,17,18);1H. The summed E-state index contributed by atoms with van der Waals surface area (Å²) in [7, 11) is 1.65. The minimum atomic E-state index is -4.04. The van der Waals surface area contributed by atoms with Crippen LogP contribution in [0.3, 0.4) is 0 Å². The maximum absolute atomic E-state index is 11.9. The third-order valence-corrected chi connectivity index (χ3v) is 2.42. The average Bonchev–Trinajstić information content (AvgIpc) is 2.24. The molecule has 0 aliphatic rings. The molecule has 0 saturated heterocycles. The second-order valence-corrected chi connectivity index (χ2v) is 4.68. The van der Waals surface area contributed by atoms with Gasteiger partial charge in [0, 0.05) is 26.6 Å². The van der Waals surface area contributed by atoms with Gasteiger partial charge in [-0.25, -0.2) is 0 Å². The first-order valence-electron chi connectivity index (χ1n) is 6.36. The lowest BCUT2D eigenvalue weighted by atomic mass is 10.1. The fourth-order valence-electron chi connectivity index (χ4n) is 1.36. The number of nitrogens with one attached hydrogen (secondary N) is 2. The Morgan fingerprint density at radius 1 is 1.11 bits per heavy atom. The molecule has 0 unspecified atom stereocenters. The smallest absolute Gasteiger partial charge is 0.356 e. The highest BCUT2D eigenvalue weighted by molar-refractivity contribution is 14.0. The zero-order chi connectivity index (χ0) is 14.0. The topological polar surface area (TPSA) is 36.4 Å². The number of aliphatic imine (C=N–C) groups is 1. The van der Waals surface area contributed by atoms with Crippen LogP contribution in [0.25, 0.3) is 0 Å². The largest absolute Gasteiger partial charge is 0.389 e. The minimum Gasteiger partial charge on any atom is -0.356 e. The van der Waals surface area contributed by atoms with E-state index in [-0.39, 0.29) is 30.4 Å². The minimum absolute atomic E-state index is 0. The van der Waals surface area contributed by atoms with Crippen LogP contribution >= 0.6 is 24.0 Å². The van der Waals surface area contributed by atoms with Crippen molar-refractivity contribution in [3.05, 3.63) is 0 Å². The van der Waals surface area contributed by atoms with Crippen LogP contribution in [0, 0.1) is 5.92 Å². The van der Waals surface area contributed by atoms with Gasteiger partial charge in [-0.2, -0.15) is 13.2 Å². The molecule has 0 spiro atoms. The van der Waals surface area contributed by atoms with E-state index in [9.17, 15) is 13.2 Å². The summed E-state index contributed by atoms with van der Waals surface area (Å²) in [4.78, 5) is 4.00. The zero-order valence-corrected chi connectivity index (χ0v) is 14.1. The summed E-state index contributed by atoms with van der Waals surface area (Å²) in [6, 6.07) is 0. The van der Waals surface area contributed by atoms with Gasteiger partial charge in [0.1, 0.15) is 0 Å². The maximum atomic E-state index is 11.9. The van der Waals surface area contributed by atoms with Gasteiger partial charge in [-0.15, -0.1) is 24.0 Å². The summed E-state index contributed by atoms with van der Waals surface area (Å²) < 4.78 is 35.7. The van der Waals surface area contributed by atoms with Crippen LogP contribution in [-0.2, 0) is 0 Å². The molecule has 0 aromatic heterocycles. The molecule has 116 valence electrons. The fourth-order valence-corrected chi connectivity index (χ4v) is 1.36. The summed E-state index contributed by atoms with van der Waals surface area (Å²) in [5, 5.41) is 6.13. The van der Waals surface area contributed by atoms with E-state index in [0.29, 0.717) is 24.8 Å². The number of hydrogen-bond donors (Lipinski definition) is 2. The monoisotopic (exact) mass is 395 g/mol. The van der Waals surface area contributed by atoms with Crippen molar-refractivity contribution in [3.8, 4) is 0 Å². The van der Waals surface area contributed by atoms with Crippen molar-refractivity contribution in [2.75, 3.05) is 20.1 Å². The quantitative estimate of drug-likeness (QED) is 0.300. The molecule has 0 aromatic rings. The molecule has 0 radical (unpaired) electrons. The predicted octanol–water partition coefficient (Wildman–Crippen LogP) is 3.55. The van der Waals surface area contributed by atoms with Crippen molar-refractivity contribution in [2.45, 2.75) is 45.7 Å². The van der Waals surface area contributed by atoms with Gasteiger partial charge in [-0.3, -0.25) is 4.99 Å². The Labute approximate surface area is 130 Å². The third kappa shape index (κ3) is 15.7. The Hall–Kier alpha value is -0.210. The van der Waals surface area contributed by atoms with E-state index in [0.717, 1.165) is 13.0 Å². The first-order chi connectivity index (χ1) is 8.35. The van der Waals surface area contributed by atoms with Crippen molar-refractivity contribution in [1.82, 2.24) is 10.6 Å². The highest BCUT2D eigenvalue weighted by atomic mass is 127. The van der Waals surface area contributed by atoms with Gasteiger partial charge >= 0.3 is 6.18 Å². The predicted molar refractivity (Wildman–Crippen MR) is 84.1 cm³/mol. The van der Waals surface area contributed by atoms with Crippen LogP contribution in [0.2, 0.25) is 0 Å². The zero-order valence-electron chi connectivity index (χ0n) is 11.8. The molecule has 0 saturated carbocycles. The fraction of sp³-hybridized carbons (Fsp3) is 0.917. The second-order valence-electron chi connectivity index (χ2n) is 4.68. The average molecular weight is 395 g/mol. The molecule has 3 nitrogen and oxygen atoms in total. The highest BCUT2D eigenvalue weighted by Crippen LogP contribution is 2.21. The van der Waals surface area contributed by atoms with Crippen molar-refractivity contribution in [2.24, 2.45) is 10.9 Å². The molecule has 0 rings (SSSR count). The van der Waals surface area contributed by atoms with Gasteiger partial charge in [0.05, 0.1) is 0 Å². The molecule has 0 aliphatic carbocycles. The Kier molecular flexibility index (Phi) is 12.9. The lowest BCUT2D eigenvalue weighted by Gasteiger charge is -2.13. The SMILES string of the molecule is CN=C(NCCCCC(F)(F)F)NCCC(C)C.I. The molecular weight excluding hydrogens is 370 g/mol. The summed E-state index contributed by atoms with van der Waals surface area (Å²) in [6.07, 6.45) is -3.08. The van der Waals surface area contributed by atoms with Gasteiger partial charge in [0.25, 0.3) is 0 Å². The van der Waals surface area contributed by atoms with E-state index < -0.39 is 12.6 Å². The number of unbranched alkanes of at least 4 members (excludes halogenated alkanes) is 1. The number of nitrogens with zero attached hydrogens (tertiary/aromatic N) is 1. The molecule has 7 heteroatoms. The second kappa shape index (κ2) is 11.6. The summed E-state index contributed by atoms with van der Waals surface area (Å²) in [6.45, 7) is 5.60. The van der Waals surface area contributed by atoms with Crippen molar-refractivity contribution in [1.29, 1.82) is 0 Å². The van der Waals surface area contributed by atoms with Crippen LogP contribution < -0.4 is 10.6 Å². The van der Waals surface area contributed by atoms with E-state index >= 15 is 0 Å². The Morgan fingerprint density at radius 2 is 1.68 bits per heavy atom. The Bertz CT molecular complexity index is 243. The van der Waals surface area contributed by atoms with E-state index in [1.54, 1.807) is 7.05 Å². The van der Waals surface area contributed by atoms with Gasteiger partial charge in [-0.05, 0) is 25.2 Å². The number of hydrogen-bond acceptors (Lipinski definition) is 1. The molecule has 0 aliphatic heterocycles. The molecule has 2 N–H and O–H groups in total. The van der Waals surface area contributed by atoms with Crippen molar-refractivity contribution < 1.29 is 13.2 Å². The number of guanidine groups is 1. The normalized spacial score (nSPS) is 12.3. The van der Waals surface area contributed by atoms with Gasteiger partial charge in [0.15, 0.2) is 5.96 Å². The highest BCUT2D eigenvalue weighted by Gasteiger charge is 2.25. The summed E-state index contributed by atoms with van der Waals surface area (Å²) in [5.41, 5.74) is 0. The Morgan fingerprint density at radius 3 is 2.16 bits per heavy atom. The number of rotatable bonds is 7. The number of halogens is 4. The van der Waals surface area contributed by atoms with Gasteiger partial charge < -0.3 is 10.6 Å². The molecule has 0 heterocycles. The van der Waals surface area contributed by atoms with Crippen LogP contribution in [0.1, 0.15) is 39.5 Å². The van der Waals surface area contributed by atoms with E-state index in [2.05, 4.69) is 29.5 Å². The van der Waals surface area contributed by atoms with Crippen LogP contribution in [0.5, 0.6) is 0 Å². The summed E-state index contributed by atoms with van der Waals surface area (Å²) >= 11 is 0. The summed E-state index contributed by atoms with van der Waals surface area (Å²) in [5.74, 6) is 1.27. The molecule has 0 aromatic carbocycles. The molecule has 19 heavy (non-hydrogen) atoms. The van der Waals surface area contributed by atoms with Crippen LogP contribution in [0.15, 0.2) is 4.99 Å². The Balaban J connectivity index is 0. The van der Waals surface area contributed by atoms with Crippen LogP contribution in [-0.4, -0.2) is 32.3 Å². The molecule has 0 amide bonds. The van der Waals surface area contributed by atoms with E-state index in [4.69, 9.17) is 0 Å². The maximum Gasteiger partial charge on any atom is 0.389 e. The lowest BCUT2D eigenvalue weighted by Crippen LogP contribution is -2.38. The number of alkyl halides is 3. The van der Waals surface area contributed by atoms with Gasteiger partial charge in [-0.1, -0.05) is 13.8 Å². The molecule has 0 fully saturated rings. The van der Waals surface area contributed by atoms with Crippen LogP contribution in [0.4, 0.5) is 13.2 Å². The lowest BCUT2D eigenvalue weighted by molar-refractivity contribution is -0.135. The van der Waals surface area contributed by atoms with Crippen molar-refractivity contribution in [3.63, 3.8) is 0 Å². The van der Waals surface area contributed by atoms with Gasteiger partial charge in [0.2, 0.25) is 0 Å². The van der Waals surface area contributed by atoms with Crippen molar-refractivity contribution >= 4 is 29.9 Å². The molecule has 0 atom stereocenters.